The van der Waals surface area contributed by atoms with Crippen LogP contribution in [-0.4, -0.2) is 0 Å². The van der Waals surface area contributed by atoms with Gasteiger partial charge in [0.25, 0.3) is 0 Å². The van der Waals surface area contributed by atoms with Gasteiger partial charge in [-0.3, -0.25) is 0 Å². The zero-order valence-electron chi connectivity index (χ0n) is 11.2. The second-order valence-corrected chi connectivity index (χ2v) is 5.40. The number of rotatable bonds is 3. The Bertz CT molecular complexity index is 615. The molecule has 0 N–H and O–H groups in total. The van der Waals surface area contributed by atoms with Crippen LogP contribution in [-0.2, 0) is 6.42 Å². The number of hydrogen-bond acceptors (Lipinski definition) is 0. The van der Waals surface area contributed by atoms with Gasteiger partial charge in [-0.15, -0.1) is 11.6 Å². The predicted octanol–water partition coefficient (Wildman–Crippen LogP) is 5.24. The number of hydrogen-bond donors (Lipinski definition) is 0. The van der Waals surface area contributed by atoms with Gasteiger partial charge < -0.3 is 0 Å². The Morgan fingerprint density at radius 3 is 2.15 bits per heavy atom. The van der Waals surface area contributed by atoms with Crippen LogP contribution in [0, 0.1) is 31.3 Å². The molecule has 1 atom stereocenters. The smallest absolute Gasteiger partial charge is 0.129 e. The minimum absolute atomic E-state index is 0.220. The maximum absolute atomic E-state index is 13.6. The molecule has 0 saturated heterocycles. The molecular weight excluding hydrogens is 285 g/mol. The van der Waals surface area contributed by atoms with Gasteiger partial charge in [0.1, 0.15) is 17.5 Å². The molecule has 2 aromatic carbocycles. The van der Waals surface area contributed by atoms with E-state index in [1.54, 1.807) is 26.0 Å². The van der Waals surface area contributed by atoms with E-state index in [0.29, 0.717) is 16.7 Å². The van der Waals surface area contributed by atoms with Crippen molar-refractivity contribution >= 4 is 11.6 Å². The van der Waals surface area contributed by atoms with E-state index in [4.69, 9.17) is 11.6 Å². The lowest BCUT2D eigenvalue weighted by molar-refractivity contribution is 0.570. The molecule has 4 heteroatoms. The summed E-state index contributed by atoms with van der Waals surface area (Å²) < 4.78 is 40.0. The van der Waals surface area contributed by atoms with Crippen molar-refractivity contribution in [2.75, 3.05) is 0 Å². The highest BCUT2D eigenvalue weighted by Crippen LogP contribution is 2.29. The Morgan fingerprint density at radius 1 is 1.00 bits per heavy atom. The highest BCUT2D eigenvalue weighted by atomic mass is 35.5. The predicted molar refractivity (Wildman–Crippen MR) is 74.5 cm³/mol. The van der Waals surface area contributed by atoms with Gasteiger partial charge in [0.15, 0.2) is 0 Å². The van der Waals surface area contributed by atoms with Crippen LogP contribution in [0.5, 0.6) is 0 Å². The van der Waals surface area contributed by atoms with Gasteiger partial charge in [-0.1, -0.05) is 18.2 Å². The zero-order chi connectivity index (χ0) is 14.9. The van der Waals surface area contributed by atoms with Crippen LogP contribution in [0.4, 0.5) is 13.2 Å². The average molecular weight is 299 g/mol. The van der Waals surface area contributed by atoms with Crippen LogP contribution < -0.4 is 0 Å². The summed E-state index contributed by atoms with van der Waals surface area (Å²) in [5.74, 6) is -1.50. The molecule has 0 aromatic heterocycles. The van der Waals surface area contributed by atoms with E-state index in [1.165, 1.54) is 12.1 Å². The monoisotopic (exact) mass is 298 g/mol. The normalized spacial score (nSPS) is 12.5. The first-order chi connectivity index (χ1) is 9.38. The Balaban J connectivity index is 2.26. The van der Waals surface area contributed by atoms with Crippen molar-refractivity contribution < 1.29 is 13.2 Å². The van der Waals surface area contributed by atoms with Crippen molar-refractivity contribution in [3.05, 3.63) is 70.0 Å². The molecular formula is C16H14ClF3. The molecule has 20 heavy (non-hydrogen) atoms. The molecule has 1 unspecified atom stereocenters. The first kappa shape index (κ1) is 14.9. The maximum atomic E-state index is 13.6. The van der Waals surface area contributed by atoms with E-state index in [9.17, 15) is 13.2 Å². The molecule has 0 nitrogen and oxygen atoms in total. The van der Waals surface area contributed by atoms with Crippen molar-refractivity contribution in [3.8, 4) is 0 Å². The Kier molecular flexibility index (Phi) is 4.39. The fourth-order valence-corrected chi connectivity index (χ4v) is 2.45. The molecule has 0 amide bonds. The molecule has 0 radical (unpaired) electrons. The quantitative estimate of drug-likeness (QED) is 0.680. The largest absolute Gasteiger partial charge is 0.207 e. The lowest BCUT2D eigenvalue weighted by Gasteiger charge is -2.13. The second kappa shape index (κ2) is 5.88. The van der Waals surface area contributed by atoms with Crippen LogP contribution in [0.15, 0.2) is 30.3 Å². The maximum Gasteiger partial charge on any atom is 0.129 e. The molecule has 0 saturated carbocycles. The highest BCUT2D eigenvalue weighted by molar-refractivity contribution is 6.20. The van der Waals surface area contributed by atoms with Crippen LogP contribution >= 0.6 is 11.6 Å². The minimum Gasteiger partial charge on any atom is -0.207 e. The number of benzene rings is 2. The lowest BCUT2D eigenvalue weighted by atomic mass is 9.99. The average Bonchev–Trinajstić information content (AvgIpc) is 2.38. The topological polar surface area (TPSA) is 0 Å². The fourth-order valence-electron chi connectivity index (χ4n) is 2.16. The molecule has 0 fully saturated rings. The zero-order valence-corrected chi connectivity index (χ0v) is 11.9. The van der Waals surface area contributed by atoms with Gasteiger partial charge in [0, 0.05) is 6.07 Å². The number of alkyl halides is 1. The van der Waals surface area contributed by atoms with E-state index >= 15 is 0 Å². The molecule has 2 rings (SSSR count). The van der Waals surface area contributed by atoms with Crippen LogP contribution in [0.25, 0.3) is 0 Å². The molecule has 0 spiro atoms. The highest BCUT2D eigenvalue weighted by Gasteiger charge is 2.15. The summed E-state index contributed by atoms with van der Waals surface area (Å²) in [6, 6.07) is 6.72. The van der Waals surface area contributed by atoms with E-state index in [2.05, 4.69) is 0 Å². The summed E-state index contributed by atoms with van der Waals surface area (Å²) in [6.07, 6.45) is 0.220. The Hall–Kier alpha value is -1.48. The van der Waals surface area contributed by atoms with E-state index in [1.807, 2.05) is 0 Å². The van der Waals surface area contributed by atoms with Gasteiger partial charge in [-0.05, 0) is 48.6 Å². The molecule has 0 heterocycles. The van der Waals surface area contributed by atoms with Crippen molar-refractivity contribution in [2.24, 2.45) is 0 Å². The Labute approximate surface area is 121 Å². The summed E-state index contributed by atoms with van der Waals surface area (Å²) in [5, 5.41) is -0.493. The van der Waals surface area contributed by atoms with E-state index in [0.717, 1.165) is 11.6 Å². The summed E-state index contributed by atoms with van der Waals surface area (Å²) in [7, 11) is 0. The molecule has 0 aliphatic heterocycles. The van der Waals surface area contributed by atoms with Gasteiger partial charge in [0.2, 0.25) is 0 Å². The van der Waals surface area contributed by atoms with Crippen LogP contribution in [0.3, 0.4) is 0 Å². The number of halogens is 4. The third-order valence-electron chi connectivity index (χ3n) is 3.23. The molecule has 0 aliphatic rings. The lowest BCUT2D eigenvalue weighted by Crippen LogP contribution is -2.01. The van der Waals surface area contributed by atoms with Gasteiger partial charge in [0.05, 0.1) is 5.38 Å². The Morgan fingerprint density at radius 2 is 1.60 bits per heavy atom. The summed E-state index contributed by atoms with van der Waals surface area (Å²) >= 11 is 6.27. The van der Waals surface area contributed by atoms with Gasteiger partial charge >= 0.3 is 0 Å². The van der Waals surface area contributed by atoms with E-state index < -0.39 is 17.0 Å². The van der Waals surface area contributed by atoms with Gasteiger partial charge in [-0.2, -0.15) is 0 Å². The third kappa shape index (κ3) is 3.15. The number of aryl methyl sites for hydroxylation is 2. The fraction of sp³-hybridized carbons (Fsp3) is 0.250. The minimum atomic E-state index is -0.620. The summed E-state index contributed by atoms with van der Waals surface area (Å²) in [5.41, 5.74) is 2.08. The summed E-state index contributed by atoms with van der Waals surface area (Å²) in [4.78, 5) is 0. The van der Waals surface area contributed by atoms with Crippen molar-refractivity contribution in [2.45, 2.75) is 25.6 Å². The SMILES string of the molecule is Cc1cc(C(Cl)Cc2ccc(F)cc2F)cc(C)c1F. The first-order valence-electron chi connectivity index (χ1n) is 6.23. The standard InChI is InChI=1S/C16H14ClF3/c1-9-5-12(6-10(2)16(9)20)14(17)7-11-3-4-13(18)8-15(11)19/h3-6,8,14H,7H2,1-2H3. The first-order valence-corrected chi connectivity index (χ1v) is 6.66. The molecule has 106 valence electrons. The third-order valence-corrected chi connectivity index (χ3v) is 3.64. The van der Waals surface area contributed by atoms with Crippen LogP contribution in [0.2, 0.25) is 0 Å². The van der Waals surface area contributed by atoms with Crippen molar-refractivity contribution in [3.63, 3.8) is 0 Å². The molecule has 0 aliphatic carbocycles. The summed E-state index contributed by atoms with van der Waals surface area (Å²) in [6.45, 7) is 3.32. The second-order valence-electron chi connectivity index (χ2n) is 4.88. The molecule has 0 bridgehead atoms. The molecule has 2 aromatic rings. The van der Waals surface area contributed by atoms with E-state index in [-0.39, 0.29) is 12.2 Å². The van der Waals surface area contributed by atoms with Crippen molar-refractivity contribution in [1.29, 1.82) is 0 Å². The van der Waals surface area contributed by atoms with Crippen LogP contribution in [0.1, 0.15) is 27.6 Å². The van der Waals surface area contributed by atoms with Gasteiger partial charge in [-0.25, -0.2) is 13.2 Å². The van der Waals surface area contributed by atoms with Crippen molar-refractivity contribution in [1.82, 2.24) is 0 Å².